The zero-order valence-electron chi connectivity index (χ0n) is 12.5. The molecule has 1 N–H and O–H groups in total. The molecule has 3 rings (SSSR count). The van der Waals surface area contributed by atoms with Crippen molar-refractivity contribution in [2.45, 2.75) is 6.04 Å². The Morgan fingerprint density at radius 3 is 2.78 bits per heavy atom. The third kappa shape index (κ3) is 4.17. The van der Waals surface area contributed by atoms with E-state index in [-0.39, 0.29) is 11.9 Å². The Morgan fingerprint density at radius 2 is 2.09 bits per heavy atom. The summed E-state index contributed by atoms with van der Waals surface area (Å²) < 4.78 is 1.87. The molecule has 0 spiro atoms. The molecule has 0 fully saturated rings. The minimum absolute atomic E-state index is 0.0130. The highest BCUT2D eigenvalue weighted by atomic mass is 32.1. The lowest BCUT2D eigenvalue weighted by Crippen LogP contribution is -2.30. The summed E-state index contributed by atoms with van der Waals surface area (Å²) in [4.78, 5) is 13.2. The van der Waals surface area contributed by atoms with E-state index in [1.54, 1.807) is 23.6 Å². The van der Waals surface area contributed by atoms with Gasteiger partial charge in [-0.3, -0.25) is 9.48 Å². The molecule has 5 heteroatoms. The lowest BCUT2D eigenvalue weighted by molar-refractivity contribution is -0.116. The topological polar surface area (TPSA) is 46.9 Å². The van der Waals surface area contributed by atoms with Crippen LogP contribution in [0, 0.1) is 0 Å². The number of carbonyl (C=O) groups is 1. The van der Waals surface area contributed by atoms with Crippen molar-refractivity contribution in [3.8, 4) is 0 Å². The van der Waals surface area contributed by atoms with Gasteiger partial charge in [0.15, 0.2) is 0 Å². The molecule has 0 unspecified atom stereocenters. The van der Waals surface area contributed by atoms with Crippen molar-refractivity contribution in [3.63, 3.8) is 0 Å². The van der Waals surface area contributed by atoms with Crippen LogP contribution >= 0.6 is 11.3 Å². The Labute approximate surface area is 139 Å². The zero-order chi connectivity index (χ0) is 15.9. The van der Waals surface area contributed by atoms with E-state index >= 15 is 0 Å². The van der Waals surface area contributed by atoms with E-state index in [4.69, 9.17) is 0 Å². The fraction of sp³-hybridized carbons (Fsp3) is 0.111. The van der Waals surface area contributed by atoms with Crippen LogP contribution in [0.1, 0.15) is 16.5 Å². The number of nitrogens with zero attached hydrogens (tertiary/aromatic N) is 2. The van der Waals surface area contributed by atoms with E-state index in [0.717, 1.165) is 5.56 Å². The molecule has 0 saturated carbocycles. The van der Waals surface area contributed by atoms with Gasteiger partial charge in [0.05, 0.1) is 0 Å². The largest absolute Gasteiger partial charge is 0.350 e. The molecule has 1 atom stereocenters. The smallest absolute Gasteiger partial charge is 0.244 e. The van der Waals surface area contributed by atoms with Crippen LogP contribution in [0.5, 0.6) is 0 Å². The second kappa shape index (κ2) is 7.56. The minimum Gasteiger partial charge on any atom is -0.350 e. The summed E-state index contributed by atoms with van der Waals surface area (Å²) >= 11 is 1.66. The monoisotopic (exact) mass is 323 g/mol. The molecule has 0 aliphatic rings. The van der Waals surface area contributed by atoms with E-state index in [1.165, 1.54) is 4.88 Å². The Morgan fingerprint density at radius 1 is 1.22 bits per heavy atom. The van der Waals surface area contributed by atoms with Gasteiger partial charge in [-0.2, -0.15) is 5.10 Å². The Kier molecular flexibility index (Phi) is 5.01. The average molecular weight is 323 g/mol. The molecule has 2 aromatic heterocycles. The second-order valence-electron chi connectivity index (χ2n) is 5.01. The van der Waals surface area contributed by atoms with Gasteiger partial charge >= 0.3 is 0 Å². The van der Waals surface area contributed by atoms with Crippen molar-refractivity contribution < 1.29 is 4.79 Å². The van der Waals surface area contributed by atoms with E-state index in [1.807, 2.05) is 64.8 Å². The van der Waals surface area contributed by atoms with Gasteiger partial charge in [0.1, 0.15) is 6.04 Å². The molecule has 0 radical (unpaired) electrons. The SMILES string of the molecule is O=C(/C=C/c1ccccc1)NC[C@H](c1cccs1)n1cccn1. The number of hydrogen-bond donors (Lipinski definition) is 1. The first-order chi connectivity index (χ1) is 11.3. The van der Waals surface area contributed by atoms with Gasteiger partial charge in [0.25, 0.3) is 0 Å². The third-order valence-corrected chi connectivity index (χ3v) is 4.39. The van der Waals surface area contributed by atoms with Gasteiger partial charge in [-0.25, -0.2) is 0 Å². The summed E-state index contributed by atoms with van der Waals surface area (Å²) in [6, 6.07) is 15.7. The van der Waals surface area contributed by atoms with Gasteiger partial charge in [-0.1, -0.05) is 36.4 Å². The van der Waals surface area contributed by atoms with Gasteiger partial charge < -0.3 is 5.32 Å². The van der Waals surface area contributed by atoms with Crippen molar-refractivity contribution in [1.29, 1.82) is 0 Å². The van der Waals surface area contributed by atoms with Crippen LogP contribution in [-0.4, -0.2) is 22.2 Å². The number of amides is 1. The van der Waals surface area contributed by atoms with Crippen molar-refractivity contribution in [1.82, 2.24) is 15.1 Å². The van der Waals surface area contributed by atoms with Crippen LogP contribution in [-0.2, 0) is 4.79 Å². The van der Waals surface area contributed by atoms with Crippen LogP contribution in [0.4, 0.5) is 0 Å². The summed E-state index contributed by atoms with van der Waals surface area (Å²) in [5.41, 5.74) is 1.00. The Hall–Kier alpha value is -2.66. The third-order valence-electron chi connectivity index (χ3n) is 3.41. The number of aromatic nitrogens is 2. The summed E-state index contributed by atoms with van der Waals surface area (Å²) in [7, 11) is 0. The minimum atomic E-state index is -0.109. The summed E-state index contributed by atoms with van der Waals surface area (Å²) in [6.45, 7) is 0.500. The second-order valence-corrected chi connectivity index (χ2v) is 5.99. The number of hydrogen-bond acceptors (Lipinski definition) is 3. The summed E-state index contributed by atoms with van der Waals surface area (Å²) in [6.07, 6.45) is 7.03. The Bertz CT molecular complexity index is 715. The normalized spacial score (nSPS) is 12.3. The van der Waals surface area contributed by atoms with E-state index < -0.39 is 0 Å². The fourth-order valence-electron chi connectivity index (χ4n) is 2.26. The number of carbonyl (C=O) groups excluding carboxylic acids is 1. The summed E-state index contributed by atoms with van der Waals surface area (Å²) in [5.74, 6) is -0.109. The number of nitrogens with one attached hydrogen (secondary N) is 1. The predicted octanol–water partition coefficient (Wildman–Crippen LogP) is 3.36. The molecule has 0 saturated heterocycles. The van der Waals surface area contributed by atoms with Gasteiger partial charge in [0.2, 0.25) is 5.91 Å². The molecule has 0 bridgehead atoms. The van der Waals surface area contributed by atoms with Gasteiger partial charge in [-0.05, 0) is 29.2 Å². The van der Waals surface area contributed by atoms with E-state index in [0.29, 0.717) is 6.54 Å². The fourth-order valence-corrected chi connectivity index (χ4v) is 3.08. The van der Waals surface area contributed by atoms with Crippen LogP contribution in [0.15, 0.2) is 72.4 Å². The molecule has 3 aromatic rings. The molecule has 0 aliphatic carbocycles. The molecule has 1 aromatic carbocycles. The first-order valence-corrected chi connectivity index (χ1v) is 8.24. The molecule has 116 valence electrons. The van der Waals surface area contributed by atoms with Crippen molar-refractivity contribution in [3.05, 3.63) is 82.8 Å². The maximum absolute atomic E-state index is 12.0. The first-order valence-electron chi connectivity index (χ1n) is 7.36. The maximum Gasteiger partial charge on any atom is 0.244 e. The van der Waals surface area contributed by atoms with Crippen LogP contribution in [0.2, 0.25) is 0 Å². The first kappa shape index (κ1) is 15.2. The van der Waals surface area contributed by atoms with E-state index in [2.05, 4.69) is 16.5 Å². The lowest BCUT2D eigenvalue weighted by atomic mass is 10.2. The highest BCUT2D eigenvalue weighted by Gasteiger charge is 2.15. The number of benzene rings is 1. The van der Waals surface area contributed by atoms with Crippen molar-refractivity contribution in [2.75, 3.05) is 6.54 Å². The molecule has 2 heterocycles. The van der Waals surface area contributed by atoms with Crippen LogP contribution in [0.3, 0.4) is 0 Å². The number of rotatable bonds is 6. The standard InChI is InChI=1S/C18H17N3OS/c22-18(10-9-15-6-2-1-3-7-15)19-14-16(17-8-4-13-23-17)21-12-5-11-20-21/h1-13,16H,14H2,(H,19,22)/b10-9+/t16-/m1/s1. The molecule has 0 aliphatic heterocycles. The Balaban J connectivity index is 1.63. The molecule has 23 heavy (non-hydrogen) atoms. The lowest BCUT2D eigenvalue weighted by Gasteiger charge is -2.16. The molecule has 4 nitrogen and oxygen atoms in total. The molecular formula is C18H17N3OS. The highest BCUT2D eigenvalue weighted by Crippen LogP contribution is 2.21. The van der Waals surface area contributed by atoms with E-state index in [9.17, 15) is 4.79 Å². The number of thiophene rings is 1. The van der Waals surface area contributed by atoms with Crippen molar-refractivity contribution >= 4 is 23.3 Å². The summed E-state index contributed by atoms with van der Waals surface area (Å²) in [5, 5.41) is 9.28. The van der Waals surface area contributed by atoms with Crippen LogP contribution < -0.4 is 5.32 Å². The van der Waals surface area contributed by atoms with Gasteiger partial charge in [-0.15, -0.1) is 11.3 Å². The zero-order valence-corrected chi connectivity index (χ0v) is 13.3. The predicted molar refractivity (Wildman–Crippen MR) is 93.2 cm³/mol. The highest BCUT2D eigenvalue weighted by molar-refractivity contribution is 7.10. The van der Waals surface area contributed by atoms with Crippen molar-refractivity contribution in [2.24, 2.45) is 0 Å². The quantitative estimate of drug-likeness (QED) is 0.707. The molecular weight excluding hydrogens is 306 g/mol. The molecule has 1 amide bonds. The maximum atomic E-state index is 12.0. The van der Waals surface area contributed by atoms with Gasteiger partial charge in [0, 0.05) is 29.9 Å². The average Bonchev–Trinajstić information content (AvgIpc) is 3.28. The van der Waals surface area contributed by atoms with Crippen LogP contribution in [0.25, 0.3) is 6.08 Å².